The van der Waals surface area contributed by atoms with Crippen LogP contribution < -0.4 is 4.80 Å². The number of sulfonamides is 1. The molecule has 3 aromatic rings. The molecule has 0 saturated heterocycles. The van der Waals surface area contributed by atoms with E-state index in [2.05, 4.69) is 4.40 Å². The van der Waals surface area contributed by atoms with Crippen molar-refractivity contribution in [2.75, 3.05) is 19.5 Å². The highest BCUT2D eigenvalue weighted by Crippen LogP contribution is 2.27. The van der Waals surface area contributed by atoms with Crippen LogP contribution in [0.1, 0.15) is 6.92 Å². The molecule has 0 amide bonds. The fourth-order valence-electron chi connectivity index (χ4n) is 2.45. The molecular formula is C16H17ClN2O5S4. The lowest BCUT2D eigenvalue weighted by Gasteiger charge is -2.06. The van der Waals surface area contributed by atoms with Gasteiger partial charge in [0.2, 0.25) is 4.80 Å². The highest BCUT2D eigenvalue weighted by atomic mass is 35.5. The maximum Gasteiger partial charge on any atom is 0.294 e. The van der Waals surface area contributed by atoms with Gasteiger partial charge < -0.3 is 9.30 Å². The number of hydrogen-bond acceptors (Lipinski definition) is 7. The number of ether oxygens (including phenoxy) is 1. The highest BCUT2D eigenvalue weighted by Gasteiger charge is 2.18. The number of thiophene rings is 1. The molecule has 152 valence electrons. The van der Waals surface area contributed by atoms with Gasteiger partial charge in [0.1, 0.15) is 4.21 Å². The van der Waals surface area contributed by atoms with Gasteiger partial charge in [-0.05, 0) is 37.3 Å². The molecular weight excluding hydrogens is 464 g/mol. The van der Waals surface area contributed by atoms with Crippen molar-refractivity contribution in [3.8, 4) is 0 Å². The predicted octanol–water partition coefficient (Wildman–Crippen LogP) is 3.15. The molecule has 0 N–H and O–H groups in total. The van der Waals surface area contributed by atoms with Crippen LogP contribution in [-0.4, -0.2) is 40.9 Å². The number of rotatable bonds is 7. The number of nitrogens with zero attached hydrogens (tertiary/aromatic N) is 2. The summed E-state index contributed by atoms with van der Waals surface area (Å²) in [6.07, 6.45) is 1.13. The van der Waals surface area contributed by atoms with Crippen molar-refractivity contribution in [2.45, 2.75) is 22.6 Å². The fraction of sp³-hybridized carbons (Fsp3) is 0.312. The van der Waals surface area contributed by atoms with Crippen LogP contribution in [0.4, 0.5) is 0 Å². The first-order valence-corrected chi connectivity index (χ1v) is 13.4. The Morgan fingerprint density at radius 2 is 1.89 bits per heavy atom. The minimum atomic E-state index is -3.94. The molecule has 2 heterocycles. The molecule has 0 aliphatic heterocycles. The van der Waals surface area contributed by atoms with Gasteiger partial charge in [0.25, 0.3) is 10.0 Å². The van der Waals surface area contributed by atoms with Crippen molar-refractivity contribution in [3.05, 3.63) is 39.5 Å². The van der Waals surface area contributed by atoms with Crippen LogP contribution >= 0.6 is 34.3 Å². The van der Waals surface area contributed by atoms with E-state index in [0.29, 0.717) is 34.3 Å². The Morgan fingerprint density at radius 1 is 1.14 bits per heavy atom. The van der Waals surface area contributed by atoms with Gasteiger partial charge in [0, 0.05) is 19.4 Å². The molecule has 0 aliphatic carbocycles. The lowest BCUT2D eigenvalue weighted by Crippen LogP contribution is -2.19. The van der Waals surface area contributed by atoms with E-state index in [1.165, 1.54) is 24.3 Å². The molecule has 28 heavy (non-hydrogen) atoms. The monoisotopic (exact) mass is 480 g/mol. The number of thiazole rings is 1. The van der Waals surface area contributed by atoms with Crippen LogP contribution in [0.25, 0.3) is 10.2 Å². The second-order valence-corrected chi connectivity index (χ2v) is 12.3. The van der Waals surface area contributed by atoms with Gasteiger partial charge in [-0.2, -0.15) is 8.42 Å². The average Bonchev–Trinajstić information content (AvgIpc) is 3.18. The Hall–Kier alpha value is -1.24. The van der Waals surface area contributed by atoms with Crippen LogP contribution in [0, 0.1) is 0 Å². The van der Waals surface area contributed by atoms with Crippen LogP contribution in [0.2, 0.25) is 4.34 Å². The second kappa shape index (κ2) is 8.25. The minimum absolute atomic E-state index is 0.0446. The molecule has 0 bridgehead atoms. The maximum absolute atomic E-state index is 12.7. The fourth-order valence-corrected chi connectivity index (χ4v) is 6.94. The third-order valence-electron chi connectivity index (χ3n) is 3.75. The molecule has 0 aliphatic rings. The van der Waals surface area contributed by atoms with E-state index < -0.39 is 19.9 Å². The summed E-state index contributed by atoms with van der Waals surface area (Å²) in [4.78, 5) is 0.405. The molecule has 0 unspecified atom stereocenters. The Kier molecular flexibility index (Phi) is 6.32. The van der Waals surface area contributed by atoms with Gasteiger partial charge in [0.15, 0.2) is 9.84 Å². The van der Waals surface area contributed by atoms with E-state index in [1.54, 1.807) is 10.6 Å². The van der Waals surface area contributed by atoms with Crippen molar-refractivity contribution in [2.24, 2.45) is 4.40 Å². The number of halogens is 1. The summed E-state index contributed by atoms with van der Waals surface area (Å²) in [5.41, 5.74) is 0.690. The molecule has 0 atom stereocenters. The van der Waals surface area contributed by atoms with Crippen molar-refractivity contribution < 1.29 is 21.6 Å². The van der Waals surface area contributed by atoms with E-state index in [4.69, 9.17) is 16.3 Å². The summed E-state index contributed by atoms with van der Waals surface area (Å²) >= 11 is 7.88. The highest BCUT2D eigenvalue weighted by molar-refractivity contribution is 7.92. The number of benzene rings is 1. The van der Waals surface area contributed by atoms with Crippen molar-refractivity contribution in [1.29, 1.82) is 0 Å². The van der Waals surface area contributed by atoms with Gasteiger partial charge in [0.05, 0.1) is 26.1 Å². The minimum Gasteiger partial charge on any atom is -0.380 e. The first-order chi connectivity index (χ1) is 13.1. The lowest BCUT2D eigenvalue weighted by molar-refractivity contribution is 0.139. The van der Waals surface area contributed by atoms with Gasteiger partial charge in [-0.15, -0.1) is 15.7 Å². The maximum atomic E-state index is 12.7. The summed E-state index contributed by atoms with van der Waals surface area (Å²) in [6, 6.07) is 7.59. The van der Waals surface area contributed by atoms with E-state index >= 15 is 0 Å². The topological polar surface area (TPSA) is 94.8 Å². The third-order valence-corrected chi connectivity index (χ3v) is 8.98. The lowest BCUT2D eigenvalue weighted by atomic mass is 10.3. The van der Waals surface area contributed by atoms with E-state index in [0.717, 1.165) is 28.9 Å². The molecule has 0 fully saturated rings. The Morgan fingerprint density at radius 3 is 2.50 bits per heavy atom. The molecule has 0 saturated carbocycles. The number of sulfone groups is 1. The van der Waals surface area contributed by atoms with E-state index in [-0.39, 0.29) is 13.9 Å². The summed E-state index contributed by atoms with van der Waals surface area (Å²) in [5.74, 6) is 0. The van der Waals surface area contributed by atoms with Crippen LogP contribution in [-0.2, 0) is 31.1 Å². The van der Waals surface area contributed by atoms with Gasteiger partial charge in [-0.25, -0.2) is 8.42 Å². The zero-order chi connectivity index (χ0) is 20.5. The van der Waals surface area contributed by atoms with Gasteiger partial charge in [-0.3, -0.25) is 0 Å². The first kappa shape index (κ1) is 21.5. The number of fused-ring (bicyclic) bond motifs is 1. The second-order valence-electron chi connectivity index (χ2n) is 5.76. The van der Waals surface area contributed by atoms with E-state index in [9.17, 15) is 16.8 Å². The normalized spacial score (nSPS) is 13.5. The quantitative estimate of drug-likeness (QED) is 0.484. The molecule has 7 nitrogen and oxygen atoms in total. The van der Waals surface area contributed by atoms with Crippen molar-refractivity contribution >= 4 is 64.4 Å². The van der Waals surface area contributed by atoms with E-state index in [1.807, 2.05) is 6.92 Å². The Labute approximate surface area is 175 Å². The molecule has 1 aromatic carbocycles. The van der Waals surface area contributed by atoms with Crippen LogP contribution in [0.5, 0.6) is 0 Å². The summed E-state index contributed by atoms with van der Waals surface area (Å²) in [7, 11) is -7.33. The Balaban J connectivity index is 2.20. The van der Waals surface area contributed by atoms with Crippen molar-refractivity contribution in [1.82, 2.24) is 4.57 Å². The molecule has 12 heteroatoms. The zero-order valence-electron chi connectivity index (χ0n) is 15.0. The zero-order valence-corrected chi connectivity index (χ0v) is 19.0. The summed E-state index contributed by atoms with van der Waals surface area (Å²) in [6.45, 7) is 3.14. The summed E-state index contributed by atoms with van der Waals surface area (Å²) in [5, 5.41) is 0. The molecule has 3 rings (SSSR count). The summed E-state index contributed by atoms with van der Waals surface area (Å²) < 4.78 is 61.1. The van der Waals surface area contributed by atoms with Gasteiger partial charge in [-0.1, -0.05) is 22.9 Å². The van der Waals surface area contributed by atoms with Gasteiger partial charge >= 0.3 is 0 Å². The standard InChI is InChI=1S/C16H17ClN2O5S4/c1-3-24-9-8-19-12-5-4-11(27(2,20)21)10-13(12)25-16(19)18-28(22,23)15-7-6-14(17)26-15/h4-7,10H,3,8-9H2,1-2H3/b18-16-. The largest absolute Gasteiger partial charge is 0.380 e. The third kappa shape index (κ3) is 4.66. The first-order valence-electron chi connectivity index (χ1n) is 8.09. The predicted molar refractivity (Wildman–Crippen MR) is 111 cm³/mol. The SMILES string of the molecule is CCOCCn1/c(=N/S(=O)(=O)c2ccc(Cl)s2)sc2cc(S(C)(=O)=O)ccc21. The molecule has 0 spiro atoms. The van der Waals surface area contributed by atoms with Crippen LogP contribution in [0.15, 0.2) is 43.8 Å². The molecule has 0 radical (unpaired) electrons. The average molecular weight is 481 g/mol. The molecule has 2 aromatic heterocycles. The van der Waals surface area contributed by atoms with Crippen molar-refractivity contribution in [3.63, 3.8) is 0 Å². The number of aromatic nitrogens is 1. The smallest absolute Gasteiger partial charge is 0.294 e. The Bertz CT molecular complexity index is 1290. The number of hydrogen-bond donors (Lipinski definition) is 0. The van der Waals surface area contributed by atoms with Crippen LogP contribution in [0.3, 0.4) is 0 Å².